The molecule has 0 saturated carbocycles. The van der Waals surface area contributed by atoms with Crippen molar-refractivity contribution in [2.45, 2.75) is 25.3 Å². The number of carboxylic acids is 1. The van der Waals surface area contributed by atoms with E-state index in [1.165, 1.54) is 0 Å². The number of carbonyl (C=O) groups is 2. The van der Waals surface area contributed by atoms with Gasteiger partial charge in [-0.15, -0.1) is 0 Å². The van der Waals surface area contributed by atoms with Gasteiger partial charge in [0.2, 0.25) is 5.91 Å². The summed E-state index contributed by atoms with van der Waals surface area (Å²) in [5.41, 5.74) is 1.70. The first-order valence-electron chi connectivity index (χ1n) is 11.3. The first kappa shape index (κ1) is 22.9. The summed E-state index contributed by atoms with van der Waals surface area (Å²) in [7, 11) is 1.59. The highest BCUT2D eigenvalue weighted by atomic mass is 16.6. The Morgan fingerprint density at radius 2 is 1.79 bits per heavy atom. The number of methoxy groups -OCH3 is 1. The number of amides is 1. The van der Waals surface area contributed by atoms with Gasteiger partial charge in [-0.3, -0.25) is 14.5 Å². The molecular weight excluding hydrogens is 424 g/mol. The number of carboxylic acid groups (broad SMARTS) is 1. The SMILES string of the molecule is CCCNC(=O)CN1C[C@H](c2ccc3c(c2)OCCO3)[C@@H](C(=O)O)[C@@H]1c1ccc(OC)cc1. The molecule has 1 fully saturated rings. The summed E-state index contributed by atoms with van der Waals surface area (Å²) in [6.07, 6.45) is 0.839. The fourth-order valence-corrected chi connectivity index (χ4v) is 4.72. The molecule has 1 saturated heterocycles. The highest BCUT2D eigenvalue weighted by molar-refractivity contribution is 5.79. The number of nitrogens with zero attached hydrogens (tertiary/aromatic N) is 1. The minimum atomic E-state index is -0.896. The summed E-state index contributed by atoms with van der Waals surface area (Å²) in [4.78, 5) is 27.1. The lowest BCUT2D eigenvalue weighted by Crippen LogP contribution is -2.38. The second-order valence-corrected chi connectivity index (χ2v) is 8.37. The molecule has 2 heterocycles. The van der Waals surface area contributed by atoms with E-state index in [0.717, 1.165) is 17.5 Å². The smallest absolute Gasteiger partial charge is 0.309 e. The zero-order valence-electron chi connectivity index (χ0n) is 19.0. The molecule has 8 heteroatoms. The number of rotatable bonds is 8. The molecule has 4 rings (SSSR count). The van der Waals surface area contributed by atoms with Gasteiger partial charge in [-0.25, -0.2) is 0 Å². The Bertz CT molecular complexity index is 993. The van der Waals surface area contributed by atoms with Gasteiger partial charge in [0.25, 0.3) is 0 Å². The summed E-state index contributed by atoms with van der Waals surface area (Å²) < 4.78 is 16.6. The molecule has 3 atom stereocenters. The third-order valence-electron chi connectivity index (χ3n) is 6.25. The van der Waals surface area contributed by atoms with E-state index in [1.807, 2.05) is 54.3 Å². The summed E-state index contributed by atoms with van der Waals surface area (Å²) in [6.45, 7) is 4.10. The van der Waals surface area contributed by atoms with Gasteiger partial charge < -0.3 is 24.6 Å². The van der Waals surface area contributed by atoms with Crippen LogP contribution in [0, 0.1) is 5.92 Å². The Labute approximate surface area is 193 Å². The van der Waals surface area contributed by atoms with Crippen molar-refractivity contribution in [3.63, 3.8) is 0 Å². The van der Waals surface area contributed by atoms with Crippen LogP contribution in [0.2, 0.25) is 0 Å². The summed E-state index contributed by atoms with van der Waals surface area (Å²) in [5.74, 6) is -0.0709. The largest absolute Gasteiger partial charge is 0.497 e. The van der Waals surface area contributed by atoms with Gasteiger partial charge in [0.15, 0.2) is 11.5 Å². The number of benzene rings is 2. The van der Waals surface area contributed by atoms with Gasteiger partial charge in [-0.05, 0) is 41.8 Å². The van der Waals surface area contributed by atoms with E-state index in [-0.39, 0.29) is 18.4 Å². The van der Waals surface area contributed by atoms with Gasteiger partial charge in [0, 0.05) is 25.0 Å². The van der Waals surface area contributed by atoms with Crippen molar-refractivity contribution in [2.24, 2.45) is 5.92 Å². The number of carbonyl (C=O) groups excluding carboxylic acids is 1. The van der Waals surface area contributed by atoms with Crippen LogP contribution in [0.15, 0.2) is 42.5 Å². The van der Waals surface area contributed by atoms with Crippen LogP contribution < -0.4 is 19.5 Å². The molecule has 0 aliphatic carbocycles. The predicted octanol–water partition coefficient (Wildman–Crippen LogP) is 2.83. The molecule has 0 spiro atoms. The van der Waals surface area contributed by atoms with Gasteiger partial charge in [-0.1, -0.05) is 25.1 Å². The summed E-state index contributed by atoms with van der Waals surface area (Å²) >= 11 is 0. The van der Waals surface area contributed by atoms with Crippen molar-refractivity contribution in [3.8, 4) is 17.2 Å². The van der Waals surface area contributed by atoms with Gasteiger partial charge in [0.1, 0.15) is 19.0 Å². The summed E-state index contributed by atoms with van der Waals surface area (Å²) in [6, 6.07) is 12.6. The quantitative estimate of drug-likeness (QED) is 0.633. The molecule has 2 aliphatic rings. The highest BCUT2D eigenvalue weighted by Crippen LogP contribution is 2.47. The van der Waals surface area contributed by atoms with Crippen molar-refractivity contribution < 1.29 is 28.9 Å². The van der Waals surface area contributed by atoms with Crippen LogP contribution in [0.5, 0.6) is 17.2 Å². The minimum Gasteiger partial charge on any atom is -0.497 e. The van der Waals surface area contributed by atoms with Crippen molar-refractivity contribution in [1.82, 2.24) is 10.2 Å². The Morgan fingerprint density at radius 3 is 2.45 bits per heavy atom. The average Bonchev–Trinajstić information content (AvgIpc) is 3.21. The third kappa shape index (κ3) is 4.90. The van der Waals surface area contributed by atoms with Crippen LogP contribution in [-0.4, -0.2) is 61.8 Å². The number of hydrogen-bond acceptors (Lipinski definition) is 6. The molecular formula is C25H30N2O6. The van der Waals surface area contributed by atoms with E-state index in [4.69, 9.17) is 14.2 Å². The lowest BCUT2D eigenvalue weighted by atomic mass is 9.82. The van der Waals surface area contributed by atoms with Crippen molar-refractivity contribution >= 4 is 11.9 Å². The van der Waals surface area contributed by atoms with Crippen LogP contribution >= 0.6 is 0 Å². The van der Waals surface area contributed by atoms with E-state index in [2.05, 4.69) is 5.32 Å². The van der Waals surface area contributed by atoms with Crippen molar-refractivity contribution in [1.29, 1.82) is 0 Å². The number of hydrogen-bond donors (Lipinski definition) is 2. The molecule has 8 nitrogen and oxygen atoms in total. The molecule has 2 aliphatic heterocycles. The summed E-state index contributed by atoms with van der Waals surface area (Å²) in [5, 5.41) is 13.2. The van der Waals surface area contributed by atoms with Crippen LogP contribution in [-0.2, 0) is 9.59 Å². The zero-order valence-corrected chi connectivity index (χ0v) is 19.0. The zero-order chi connectivity index (χ0) is 23.4. The minimum absolute atomic E-state index is 0.109. The Morgan fingerprint density at radius 1 is 1.09 bits per heavy atom. The van der Waals surface area contributed by atoms with Gasteiger partial charge >= 0.3 is 5.97 Å². The van der Waals surface area contributed by atoms with E-state index in [9.17, 15) is 14.7 Å². The molecule has 0 unspecified atom stereocenters. The number of aliphatic carboxylic acids is 1. The highest BCUT2D eigenvalue weighted by Gasteiger charge is 2.48. The first-order valence-corrected chi connectivity index (χ1v) is 11.3. The molecule has 2 N–H and O–H groups in total. The van der Waals surface area contributed by atoms with Crippen LogP contribution in [0.3, 0.4) is 0 Å². The van der Waals surface area contributed by atoms with Crippen LogP contribution in [0.1, 0.15) is 36.4 Å². The maximum Gasteiger partial charge on any atom is 0.309 e. The molecule has 0 radical (unpaired) electrons. The average molecular weight is 455 g/mol. The molecule has 1 amide bonds. The molecule has 2 aromatic rings. The predicted molar refractivity (Wildman–Crippen MR) is 122 cm³/mol. The van der Waals surface area contributed by atoms with E-state index >= 15 is 0 Å². The Hall–Kier alpha value is -3.26. The van der Waals surface area contributed by atoms with Gasteiger partial charge in [0.05, 0.1) is 19.6 Å². The molecule has 0 bridgehead atoms. The molecule has 33 heavy (non-hydrogen) atoms. The fraction of sp³-hybridized carbons (Fsp3) is 0.440. The maximum atomic E-state index is 12.6. The Balaban J connectivity index is 1.69. The second kappa shape index (κ2) is 10.1. The normalized spacial score (nSPS) is 22.1. The molecule has 2 aromatic carbocycles. The number of fused-ring (bicyclic) bond motifs is 1. The number of ether oxygens (including phenoxy) is 3. The lowest BCUT2D eigenvalue weighted by molar-refractivity contribution is -0.143. The monoisotopic (exact) mass is 454 g/mol. The van der Waals surface area contributed by atoms with E-state index in [1.54, 1.807) is 7.11 Å². The topological polar surface area (TPSA) is 97.3 Å². The third-order valence-corrected chi connectivity index (χ3v) is 6.25. The standard InChI is InChI=1S/C25H30N2O6/c1-3-10-26-22(28)15-27-14-19(17-6-9-20-21(13-17)33-12-11-32-20)23(25(29)30)24(27)16-4-7-18(31-2)8-5-16/h4-9,13,19,23-24H,3,10-12,14-15H2,1-2H3,(H,26,28)(H,29,30)/t19-,23-,24+/m1/s1. The second-order valence-electron chi connectivity index (χ2n) is 8.37. The van der Waals surface area contributed by atoms with Crippen LogP contribution in [0.25, 0.3) is 0 Å². The molecule has 176 valence electrons. The van der Waals surface area contributed by atoms with E-state index < -0.39 is 17.9 Å². The lowest BCUT2D eigenvalue weighted by Gasteiger charge is -2.27. The van der Waals surface area contributed by atoms with Crippen LogP contribution in [0.4, 0.5) is 0 Å². The van der Waals surface area contributed by atoms with Crippen molar-refractivity contribution in [2.75, 3.05) is 40.0 Å². The fourth-order valence-electron chi connectivity index (χ4n) is 4.72. The van der Waals surface area contributed by atoms with E-state index in [0.29, 0.717) is 43.6 Å². The maximum absolute atomic E-state index is 12.6. The molecule has 0 aromatic heterocycles. The Kier molecular flexibility index (Phi) is 7.03. The first-order chi connectivity index (χ1) is 16.0. The number of likely N-dealkylation sites (tertiary alicyclic amines) is 1. The van der Waals surface area contributed by atoms with Gasteiger partial charge in [-0.2, -0.15) is 0 Å². The van der Waals surface area contributed by atoms with Crippen molar-refractivity contribution in [3.05, 3.63) is 53.6 Å². The number of nitrogens with one attached hydrogen (secondary N) is 1.